The van der Waals surface area contributed by atoms with Crippen molar-refractivity contribution in [3.05, 3.63) is 29.8 Å². The van der Waals surface area contributed by atoms with Crippen LogP contribution in [-0.2, 0) is 0 Å². The van der Waals surface area contributed by atoms with E-state index in [1.807, 2.05) is 12.1 Å². The molecule has 20 heavy (non-hydrogen) atoms. The first-order chi connectivity index (χ1) is 9.40. The highest BCUT2D eigenvalue weighted by molar-refractivity contribution is 5.26. The third-order valence-corrected chi connectivity index (χ3v) is 4.49. The summed E-state index contributed by atoms with van der Waals surface area (Å²) in [6, 6.07) is 10.6. The number of hydrogen-bond donors (Lipinski definition) is 0. The number of hydrogen-bond acceptors (Lipinski definition) is 2. The molecule has 0 aliphatic heterocycles. The second kappa shape index (κ2) is 5.87. The van der Waals surface area contributed by atoms with E-state index in [0.29, 0.717) is 5.92 Å². The molecule has 1 saturated carbocycles. The average Bonchev–Trinajstić information content (AvgIpc) is 2.40. The molecule has 108 valence electrons. The van der Waals surface area contributed by atoms with Gasteiger partial charge < -0.3 is 4.74 Å². The average molecular weight is 271 g/mol. The third kappa shape index (κ3) is 3.54. The summed E-state index contributed by atoms with van der Waals surface area (Å²) in [6.07, 6.45) is 3.10. The molecule has 0 aromatic heterocycles. The fourth-order valence-electron chi connectivity index (χ4n) is 2.99. The van der Waals surface area contributed by atoms with Gasteiger partial charge in [-0.1, -0.05) is 38.5 Å². The summed E-state index contributed by atoms with van der Waals surface area (Å²) < 4.78 is 6.12. The quantitative estimate of drug-likeness (QED) is 0.779. The molecule has 1 aromatic carbocycles. The lowest BCUT2D eigenvalue weighted by molar-refractivity contribution is 0.0493. The summed E-state index contributed by atoms with van der Waals surface area (Å²) in [5, 5.41) is 9.34. The fraction of sp³-hybridized carbons (Fsp3) is 0.611. The summed E-state index contributed by atoms with van der Waals surface area (Å²) in [5.74, 6) is 1.54. The third-order valence-electron chi connectivity index (χ3n) is 4.49. The van der Waals surface area contributed by atoms with Crippen LogP contribution in [-0.4, -0.2) is 6.10 Å². The van der Waals surface area contributed by atoms with Gasteiger partial charge in [0, 0.05) is 0 Å². The molecule has 0 saturated heterocycles. The maximum atomic E-state index is 9.34. The first-order valence-corrected chi connectivity index (χ1v) is 7.53. The molecule has 0 heterocycles. The van der Waals surface area contributed by atoms with E-state index in [4.69, 9.17) is 4.74 Å². The number of nitriles is 1. The summed E-state index contributed by atoms with van der Waals surface area (Å²) in [7, 11) is 0. The van der Waals surface area contributed by atoms with Crippen molar-refractivity contribution in [2.24, 2.45) is 17.3 Å². The van der Waals surface area contributed by atoms with Gasteiger partial charge >= 0.3 is 0 Å². The molecule has 0 amide bonds. The standard InChI is InChI=1S/C18H25NO/c1-13-5-9-16(10-6-13)20-17-11-15(18(2,3)4)8-7-14(17)12-19/h5-6,9-10,14-15,17H,7-8,11H2,1-4H3. The summed E-state index contributed by atoms with van der Waals surface area (Å²) in [5.41, 5.74) is 1.51. The van der Waals surface area contributed by atoms with Crippen molar-refractivity contribution in [1.29, 1.82) is 5.26 Å². The SMILES string of the molecule is Cc1ccc(OC2CC(C(C)(C)C)CCC2C#N)cc1. The highest BCUT2D eigenvalue weighted by Crippen LogP contribution is 2.41. The normalized spacial score (nSPS) is 26.9. The van der Waals surface area contributed by atoms with Crippen LogP contribution in [0.1, 0.15) is 45.6 Å². The monoisotopic (exact) mass is 271 g/mol. The second-order valence-corrected chi connectivity index (χ2v) is 7.08. The Morgan fingerprint density at radius 2 is 1.80 bits per heavy atom. The van der Waals surface area contributed by atoms with Gasteiger partial charge in [-0.15, -0.1) is 0 Å². The highest BCUT2D eigenvalue weighted by atomic mass is 16.5. The molecule has 1 fully saturated rings. The van der Waals surface area contributed by atoms with E-state index in [9.17, 15) is 5.26 Å². The van der Waals surface area contributed by atoms with Crippen LogP contribution in [0.5, 0.6) is 5.75 Å². The van der Waals surface area contributed by atoms with E-state index in [1.54, 1.807) is 0 Å². The molecule has 3 unspecified atom stereocenters. The Morgan fingerprint density at radius 1 is 1.15 bits per heavy atom. The topological polar surface area (TPSA) is 33.0 Å². The molecule has 2 nitrogen and oxygen atoms in total. The van der Waals surface area contributed by atoms with Crippen LogP contribution in [0, 0.1) is 35.5 Å². The largest absolute Gasteiger partial charge is 0.489 e. The molecular weight excluding hydrogens is 246 g/mol. The van der Waals surface area contributed by atoms with E-state index in [2.05, 4.69) is 45.9 Å². The van der Waals surface area contributed by atoms with Gasteiger partial charge in [0.15, 0.2) is 0 Å². The van der Waals surface area contributed by atoms with Crippen molar-refractivity contribution >= 4 is 0 Å². The first-order valence-electron chi connectivity index (χ1n) is 7.53. The van der Waals surface area contributed by atoms with Crippen LogP contribution >= 0.6 is 0 Å². The van der Waals surface area contributed by atoms with Crippen molar-refractivity contribution in [2.75, 3.05) is 0 Å². The minimum Gasteiger partial charge on any atom is -0.489 e. The van der Waals surface area contributed by atoms with Gasteiger partial charge in [0.1, 0.15) is 11.9 Å². The Morgan fingerprint density at radius 3 is 2.35 bits per heavy atom. The number of aryl methyl sites for hydroxylation is 1. The predicted molar refractivity (Wildman–Crippen MR) is 81.5 cm³/mol. The Bertz CT molecular complexity index is 478. The van der Waals surface area contributed by atoms with Crippen molar-refractivity contribution in [3.63, 3.8) is 0 Å². The minimum atomic E-state index is 0.0231. The van der Waals surface area contributed by atoms with Gasteiger partial charge in [0.2, 0.25) is 0 Å². The molecule has 1 aliphatic rings. The van der Waals surface area contributed by atoms with Crippen LogP contribution in [0.4, 0.5) is 0 Å². The lowest BCUT2D eigenvalue weighted by Gasteiger charge is -2.39. The van der Waals surface area contributed by atoms with Crippen LogP contribution in [0.25, 0.3) is 0 Å². The smallest absolute Gasteiger partial charge is 0.119 e. The molecule has 1 aliphatic carbocycles. The number of nitrogens with zero attached hydrogens (tertiary/aromatic N) is 1. The van der Waals surface area contributed by atoms with Crippen molar-refractivity contribution in [2.45, 2.75) is 53.1 Å². The molecule has 2 heteroatoms. The maximum Gasteiger partial charge on any atom is 0.119 e. The lowest BCUT2D eigenvalue weighted by atomic mass is 9.69. The van der Waals surface area contributed by atoms with E-state index in [-0.39, 0.29) is 17.4 Å². The van der Waals surface area contributed by atoms with Gasteiger partial charge in [-0.2, -0.15) is 5.26 Å². The summed E-state index contributed by atoms with van der Waals surface area (Å²) in [6.45, 7) is 8.92. The van der Waals surface area contributed by atoms with E-state index in [0.717, 1.165) is 25.0 Å². The number of benzene rings is 1. The Labute approximate surface area is 122 Å². The predicted octanol–water partition coefficient (Wildman–Crippen LogP) is 4.73. The summed E-state index contributed by atoms with van der Waals surface area (Å²) >= 11 is 0. The van der Waals surface area contributed by atoms with Crippen LogP contribution < -0.4 is 4.74 Å². The highest BCUT2D eigenvalue weighted by Gasteiger charge is 2.37. The molecule has 0 spiro atoms. The Balaban J connectivity index is 2.09. The zero-order valence-electron chi connectivity index (χ0n) is 13.0. The van der Waals surface area contributed by atoms with Gasteiger partial charge in [-0.05, 0) is 49.7 Å². The number of rotatable bonds is 2. The van der Waals surface area contributed by atoms with Gasteiger partial charge in [0.25, 0.3) is 0 Å². The molecule has 0 N–H and O–H groups in total. The van der Waals surface area contributed by atoms with E-state index in [1.165, 1.54) is 5.56 Å². The first kappa shape index (κ1) is 14.9. The van der Waals surface area contributed by atoms with E-state index >= 15 is 0 Å². The lowest BCUT2D eigenvalue weighted by Crippen LogP contribution is -2.37. The van der Waals surface area contributed by atoms with Gasteiger partial charge in [-0.3, -0.25) is 0 Å². The Kier molecular flexibility index (Phi) is 4.38. The minimum absolute atomic E-state index is 0.0231. The zero-order valence-corrected chi connectivity index (χ0v) is 13.0. The van der Waals surface area contributed by atoms with Crippen LogP contribution in [0.3, 0.4) is 0 Å². The molecule has 1 aromatic rings. The second-order valence-electron chi connectivity index (χ2n) is 7.08. The van der Waals surface area contributed by atoms with Gasteiger partial charge in [-0.25, -0.2) is 0 Å². The molecule has 3 atom stereocenters. The van der Waals surface area contributed by atoms with Crippen LogP contribution in [0.15, 0.2) is 24.3 Å². The maximum absolute atomic E-state index is 9.34. The van der Waals surface area contributed by atoms with Crippen LogP contribution in [0.2, 0.25) is 0 Å². The zero-order chi connectivity index (χ0) is 14.8. The van der Waals surface area contributed by atoms with Crippen molar-refractivity contribution in [3.8, 4) is 11.8 Å². The fourth-order valence-corrected chi connectivity index (χ4v) is 2.99. The van der Waals surface area contributed by atoms with Crippen molar-refractivity contribution in [1.82, 2.24) is 0 Å². The molecular formula is C18H25NO. The molecule has 0 radical (unpaired) electrons. The Hall–Kier alpha value is -1.49. The molecule has 0 bridgehead atoms. The van der Waals surface area contributed by atoms with Crippen molar-refractivity contribution < 1.29 is 4.74 Å². The van der Waals surface area contributed by atoms with E-state index < -0.39 is 0 Å². The summed E-state index contributed by atoms with van der Waals surface area (Å²) in [4.78, 5) is 0. The number of ether oxygens (including phenoxy) is 1. The van der Waals surface area contributed by atoms with Gasteiger partial charge in [0.05, 0.1) is 12.0 Å². The molecule has 2 rings (SSSR count).